The second kappa shape index (κ2) is 7.58. The average molecular weight is 272 g/mol. The summed E-state index contributed by atoms with van der Waals surface area (Å²) in [6.45, 7) is 13.9. The lowest BCUT2D eigenvalue weighted by atomic mass is 9.95. The number of nitrogens with zero attached hydrogens (tertiary/aromatic N) is 1. The molecule has 0 aromatic carbocycles. The van der Waals surface area contributed by atoms with E-state index in [1.807, 2.05) is 0 Å². The highest BCUT2D eigenvalue weighted by atomic mass is 16.5. The van der Waals surface area contributed by atoms with Crippen LogP contribution in [0.15, 0.2) is 0 Å². The van der Waals surface area contributed by atoms with E-state index in [0.717, 1.165) is 32.5 Å². The van der Waals surface area contributed by atoms with Crippen molar-refractivity contribution in [1.29, 1.82) is 0 Å². The van der Waals surface area contributed by atoms with E-state index < -0.39 is 0 Å². The summed E-state index contributed by atoms with van der Waals surface area (Å²) in [4.78, 5) is 2.50. The van der Waals surface area contributed by atoms with E-state index in [2.05, 4.69) is 44.8 Å². The lowest BCUT2D eigenvalue weighted by Crippen LogP contribution is -2.50. The Morgan fingerprint density at radius 3 is 2.68 bits per heavy atom. The lowest BCUT2D eigenvalue weighted by Gasteiger charge is -2.38. The maximum Gasteiger partial charge on any atom is 0.0674 e. The van der Waals surface area contributed by atoms with Gasteiger partial charge in [0.2, 0.25) is 0 Å². The SMILES string of the molecule is CC(C)NC(C)(CO)CCCN1CC(C)OCC1C. The van der Waals surface area contributed by atoms with Crippen LogP contribution in [0.1, 0.15) is 47.5 Å². The number of aliphatic hydroxyl groups is 1. The van der Waals surface area contributed by atoms with Gasteiger partial charge < -0.3 is 15.2 Å². The summed E-state index contributed by atoms with van der Waals surface area (Å²) in [5, 5.41) is 13.0. The van der Waals surface area contributed by atoms with Gasteiger partial charge in [0.1, 0.15) is 0 Å². The van der Waals surface area contributed by atoms with E-state index in [0.29, 0.717) is 18.2 Å². The highest BCUT2D eigenvalue weighted by Gasteiger charge is 2.26. The van der Waals surface area contributed by atoms with Crippen LogP contribution in [0.3, 0.4) is 0 Å². The largest absolute Gasteiger partial charge is 0.394 e. The first-order valence-electron chi connectivity index (χ1n) is 7.60. The van der Waals surface area contributed by atoms with E-state index in [4.69, 9.17) is 4.74 Å². The zero-order valence-electron chi connectivity index (χ0n) is 13.3. The van der Waals surface area contributed by atoms with Crippen LogP contribution in [0.5, 0.6) is 0 Å². The summed E-state index contributed by atoms with van der Waals surface area (Å²) in [5.41, 5.74) is -0.157. The van der Waals surface area contributed by atoms with Gasteiger partial charge in [-0.1, -0.05) is 13.8 Å². The predicted molar refractivity (Wildman–Crippen MR) is 79.4 cm³/mol. The summed E-state index contributed by atoms with van der Waals surface area (Å²) in [5.74, 6) is 0. The summed E-state index contributed by atoms with van der Waals surface area (Å²) >= 11 is 0. The fourth-order valence-corrected chi connectivity index (χ4v) is 2.85. The molecule has 0 amide bonds. The minimum Gasteiger partial charge on any atom is -0.394 e. The first-order valence-corrected chi connectivity index (χ1v) is 7.60. The molecule has 1 heterocycles. The minimum absolute atomic E-state index is 0.157. The highest BCUT2D eigenvalue weighted by Crippen LogP contribution is 2.16. The molecule has 0 aromatic rings. The second-order valence-corrected chi connectivity index (χ2v) is 6.61. The third kappa shape index (κ3) is 5.78. The van der Waals surface area contributed by atoms with E-state index in [1.165, 1.54) is 0 Å². The van der Waals surface area contributed by atoms with Crippen LogP contribution in [-0.4, -0.2) is 60.0 Å². The summed E-state index contributed by atoms with van der Waals surface area (Å²) < 4.78 is 5.65. The Labute approximate surface area is 118 Å². The van der Waals surface area contributed by atoms with E-state index in [-0.39, 0.29) is 12.1 Å². The number of hydrogen-bond donors (Lipinski definition) is 2. The van der Waals surface area contributed by atoms with Gasteiger partial charge in [-0.2, -0.15) is 0 Å². The second-order valence-electron chi connectivity index (χ2n) is 6.61. The van der Waals surface area contributed by atoms with E-state index in [1.54, 1.807) is 0 Å². The van der Waals surface area contributed by atoms with Gasteiger partial charge in [-0.25, -0.2) is 0 Å². The van der Waals surface area contributed by atoms with Crippen LogP contribution in [0.25, 0.3) is 0 Å². The standard InChI is InChI=1S/C15H32N2O2/c1-12(2)16-15(5,11-18)7-6-8-17-9-14(4)19-10-13(17)3/h12-14,16,18H,6-11H2,1-5H3. The summed E-state index contributed by atoms with van der Waals surface area (Å²) in [6, 6.07) is 0.911. The topological polar surface area (TPSA) is 44.7 Å². The molecule has 1 fully saturated rings. The average Bonchev–Trinajstić information content (AvgIpc) is 2.32. The number of ether oxygens (including phenoxy) is 1. The van der Waals surface area contributed by atoms with Crippen molar-refractivity contribution in [1.82, 2.24) is 10.2 Å². The first-order chi connectivity index (χ1) is 8.86. The highest BCUT2D eigenvalue weighted by molar-refractivity contribution is 4.85. The van der Waals surface area contributed by atoms with Gasteiger partial charge >= 0.3 is 0 Å². The maximum atomic E-state index is 9.57. The molecule has 0 aliphatic carbocycles. The van der Waals surface area contributed by atoms with E-state index >= 15 is 0 Å². The smallest absolute Gasteiger partial charge is 0.0674 e. The summed E-state index contributed by atoms with van der Waals surface area (Å²) in [6.07, 6.45) is 2.45. The predicted octanol–water partition coefficient (Wildman–Crippen LogP) is 1.62. The van der Waals surface area contributed by atoms with Gasteiger partial charge in [-0.05, 0) is 40.2 Å². The molecule has 0 saturated carbocycles. The van der Waals surface area contributed by atoms with Crippen molar-refractivity contribution < 1.29 is 9.84 Å². The van der Waals surface area contributed by atoms with Crippen molar-refractivity contribution >= 4 is 0 Å². The van der Waals surface area contributed by atoms with Crippen LogP contribution >= 0.6 is 0 Å². The van der Waals surface area contributed by atoms with Crippen LogP contribution in [-0.2, 0) is 4.74 Å². The molecule has 0 bridgehead atoms. The third-order valence-corrected chi connectivity index (χ3v) is 3.90. The molecule has 0 aromatic heterocycles. The Morgan fingerprint density at radius 1 is 1.42 bits per heavy atom. The van der Waals surface area contributed by atoms with Gasteiger partial charge in [0.15, 0.2) is 0 Å². The monoisotopic (exact) mass is 272 g/mol. The minimum atomic E-state index is -0.157. The number of morpholine rings is 1. The van der Waals surface area contributed by atoms with Crippen molar-refractivity contribution in [3.63, 3.8) is 0 Å². The lowest BCUT2D eigenvalue weighted by molar-refractivity contribution is -0.0503. The molecule has 1 saturated heterocycles. The van der Waals surface area contributed by atoms with Crippen LogP contribution in [0.4, 0.5) is 0 Å². The Hall–Kier alpha value is -0.160. The van der Waals surface area contributed by atoms with Gasteiger partial charge in [0.25, 0.3) is 0 Å². The zero-order valence-corrected chi connectivity index (χ0v) is 13.3. The van der Waals surface area contributed by atoms with Gasteiger partial charge in [-0.3, -0.25) is 4.90 Å². The Morgan fingerprint density at radius 2 is 2.11 bits per heavy atom. The number of aliphatic hydroxyl groups excluding tert-OH is 1. The van der Waals surface area contributed by atoms with Gasteiger partial charge in [0.05, 0.1) is 19.3 Å². The molecule has 4 nitrogen and oxygen atoms in total. The van der Waals surface area contributed by atoms with Crippen molar-refractivity contribution in [3.8, 4) is 0 Å². The molecule has 1 rings (SSSR count). The first kappa shape index (κ1) is 16.9. The Bertz CT molecular complexity index is 261. The number of rotatable bonds is 7. The zero-order chi connectivity index (χ0) is 14.5. The van der Waals surface area contributed by atoms with Crippen molar-refractivity contribution in [2.75, 3.05) is 26.3 Å². The van der Waals surface area contributed by atoms with E-state index in [9.17, 15) is 5.11 Å². The molecular weight excluding hydrogens is 240 g/mol. The number of nitrogens with one attached hydrogen (secondary N) is 1. The molecule has 3 unspecified atom stereocenters. The third-order valence-electron chi connectivity index (χ3n) is 3.90. The van der Waals surface area contributed by atoms with Gasteiger partial charge in [-0.15, -0.1) is 0 Å². The maximum absolute atomic E-state index is 9.57. The van der Waals surface area contributed by atoms with Crippen molar-refractivity contribution in [2.45, 2.75) is 71.2 Å². The van der Waals surface area contributed by atoms with Crippen LogP contribution in [0.2, 0.25) is 0 Å². The molecule has 2 N–H and O–H groups in total. The quantitative estimate of drug-likeness (QED) is 0.739. The molecule has 1 aliphatic rings. The molecular formula is C15H32N2O2. The molecule has 19 heavy (non-hydrogen) atoms. The molecule has 0 radical (unpaired) electrons. The van der Waals surface area contributed by atoms with Gasteiger partial charge in [0, 0.05) is 24.2 Å². The fraction of sp³-hybridized carbons (Fsp3) is 1.00. The molecule has 1 aliphatic heterocycles. The molecule has 3 atom stereocenters. The Kier molecular flexibility index (Phi) is 6.74. The molecule has 114 valence electrons. The van der Waals surface area contributed by atoms with Crippen molar-refractivity contribution in [3.05, 3.63) is 0 Å². The summed E-state index contributed by atoms with van der Waals surface area (Å²) in [7, 11) is 0. The van der Waals surface area contributed by atoms with Crippen LogP contribution in [0, 0.1) is 0 Å². The molecule has 4 heteroatoms. The number of hydrogen-bond acceptors (Lipinski definition) is 4. The van der Waals surface area contributed by atoms with Crippen molar-refractivity contribution in [2.24, 2.45) is 0 Å². The molecule has 0 spiro atoms. The Balaban J connectivity index is 2.35. The normalized spacial score (nSPS) is 28.6. The fourth-order valence-electron chi connectivity index (χ4n) is 2.85. The van der Waals surface area contributed by atoms with Crippen LogP contribution < -0.4 is 5.32 Å².